The van der Waals surface area contributed by atoms with Gasteiger partial charge in [-0.2, -0.15) is 0 Å². The van der Waals surface area contributed by atoms with E-state index in [2.05, 4.69) is 131 Å². The van der Waals surface area contributed by atoms with Crippen molar-refractivity contribution in [3.8, 4) is 22.3 Å². The minimum Gasteiger partial charge on any atom is -0.0616 e. The predicted molar refractivity (Wildman–Crippen MR) is 138 cm³/mol. The topological polar surface area (TPSA) is 0 Å². The minimum absolute atomic E-state index is 1.10. The predicted octanol–water partition coefficient (Wildman–Crippen LogP) is 9.24. The number of rotatable bonds is 2. The molecule has 0 amide bonds. The van der Waals surface area contributed by atoms with Crippen LogP contribution >= 0.6 is 15.9 Å². The molecular formula is C30H19Br. The fourth-order valence-corrected chi connectivity index (χ4v) is 5.13. The third kappa shape index (κ3) is 3.13. The molecule has 1 heteroatoms. The number of fused-ring (bicyclic) bond motifs is 3. The van der Waals surface area contributed by atoms with E-state index in [1.165, 1.54) is 54.6 Å². The van der Waals surface area contributed by atoms with Crippen LogP contribution in [0.2, 0.25) is 0 Å². The third-order valence-electron chi connectivity index (χ3n) is 6.08. The molecule has 6 aromatic carbocycles. The smallest absolute Gasteiger partial charge is 0.0187 e. The summed E-state index contributed by atoms with van der Waals surface area (Å²) in [5, 5.41) is 7.66. The Bertz CT molecular complexity index is 1520. The van der Waals surface area contributed by atoms with Gasteiger partial charge in [0.1, 0.15) is 0 Å². The Labute approximate surface area is 189 Å². The average molecular weight is 459 g/mol. The average Bonchev–Trinajstić information content (AvgIpc) is 2.82. The highest BCUT2D eigenvalue weighted by atomic mass is 79.9. The lowest BCUT2D eigenvalue weighted by Gasteiger charge is -2.13. The molecule has 0 bridgehead atoms. The van der Waals surface area contributed by atoms with Crippen molar-refractivity contribution < 1.29 is 0 Å². The summed E-state index contributed by atoms with van der Waals surface area (Å²) in [6, 6.07) is 41.6. The van der Waals surface area contributed by atoms with Crippen LogP contribution in [0.25, 0.3) is 54.6 Å². The molecule has 0 N–H and O–H groups in total. The third-order valence-corrected chi connectivity index (χ3v) is 6.54. The zero-order valence-corrected chi connectivity index (χ0v) is 18.4. The molecule has 31 heavy (non-hydrogen) atoms. The molecule has 0 aliphatic carbocycles. The van der Waals surface area contributed by atoms with Gasteiger partial charge in [0.2, 0.25) is 0 Å². The van der Waals surface area contributed by atoms with Crippen molar-refractivity contribution in [2.75, 3.05) is 0 Å². The number of halogens is 1. The highest BCUT2D eigenvalue weighted by Crippen LogP contribution is 2.38. The first-order chi connectivity index (χ1) is 15.3. The van der Waals surface area contributed by atoms with E-state index in [1.807, 2.05) is 0 Å². The Morgan fingerprint density at radius 2 is 0.903 bits per heavy atom. The Morgan fingerprint density at radius 3 is 1.52 bits per heavy atom. The summed E-state index contributed by atoms with van der Waals surface area (Å²) < 4.78 is 1.10. The van der Waals surface area contributed by atoms with Crippen LogP contribution in [0.4, 0.5) is 0 Å². The molecule has 0 nitrogen and oxygen atoms in total. The van der Waals surface area contributed by atoms with Gasteiger partial charge in [0.15, 0.2) is 0 Å². The maximum atomic E-state index is 3.69. The van der Waals surface area contributed by atoms with E-state index in [0.717, 1.165) is 4.47 Å². The number of hydrogen-bond acceptors (Lipinski definition) is 0. The van der Waals surface area contributed by atoms with Gasteiger partial charge in [-0.05, 0) is 72.8 Å². The SMILES string of the molecule is Brc1cc(-c2ccc(-c3c4ccccc4cc4ccccc34)cc2)c2ccccc2c1. The van der Waals surface area contributed by atoms with E-state index >= 15 is 0 Å². The van der Waals surface area contributed by atoms with Crippen molar-refractivity contribution in [1.29, 1.82) is 0 Å². The Morgan fingerprint density at radius 1 is 0.419 bits per heavy atom. The van der Waals surface area contributed by atoms with Gasteiger partial charge in [0, 0.05) is 4.47 Å². The molecule has 0 heterocycles. The quantitative estimate of drug-likeness (QED) is 0.226. The molecule has 0 radical (unpaired) electrons. The number of benzene rings is 6. The van der Waals surface area contributed by atoms with E-state index < -0.39 is 0 Å². The van der Waals surface area contributed by atoms with Gasteiger partial charge in [-0.15, -0.1) is 0 Å². The normalized spacial score (nSPS) is 11.4. The van der Waals surface area contributed by atoms with E-state index in [0.29, 0.717) is 0 Å². The standard InChI is InChI=1S/C30H19Br/c31-25-18-24-9-1-4-10-26(24)29(19-25)20-13-15-21(16-14-20)30-27-11-5-2-7-22(27)17-23-8-3-6-12-28(23)30/h1-19H. The van der Waals surface area contributed by atoms with Crippen LogP contribution in [0.3, 0.4) is 0 Å². The molecule has 0 spiro atoms. The second-order valence-corrected chi connectivity index (χ2v) is 8.86. The van der Waals surface area contributed by atoms with Gasteiger partial charge in [0.25, 0.3) is 0 Å². The highest BCUT2D eigenvalue weighted by molar-refractivity contribution is 9.10. The maximum absolute atomic E-state index is 3.69. The van der Waals surface area contributed by atoms with Crippen LogP contribution in [0.15, 0.2) is 120 Å². The number of hydrogen-bond donors (Lipinski definition) is 0. The fraction of sp³-hybridized carbons (Fsp3) is 0. The lowest BCUT2D eigenvalue weighted by atomic mass is 9.90. The molecule has 0 saturated heterocycles. The molecule has 6 rings (SSSR count). The molecule has 0 aromatic heterocycles. The van der Waals surface area contributed by atoms with Crippen molar-refractivity contribution in [3.05, 3.63) is 120 Å². The van der Waals surface area contributed by atoms with E-state index in [4.69, 9.17) is 0 Å². The van der Waals surface area contributed by atoms with Crippen LogP contribution in [0, 0.1) is 0 Å². The van der Waals surface area contributed by atoms with Crippen molar-refractivity contribution in [2.45, 2.75) is 0 Å². The van der Waals surface area contributed by atoms with E-state index in [-0.39, 0.29) is 0 Å². The monoisotopic (exact) mass is 458 g/mol. The second-order valence-electron chi connectivity index (χ2n) is 7.95. The molecule has 0 saturated carbocycles. The minimum atomic E-state index is 1.10. The second kappa shape index (κ2) is 7.37. The molecule has 0 aliphatic heterocycles. The first-order valence-corrected chi connectivity index (χ1v) is 11.3. The highest BCUT2D eigenvalue weighted by Gasteiger charge is 2.11. The van der Waals surface area contributed by atoms with Crippen LogP contribution in [0.1, 0.15) is 0 Å². The van der Waals surface area contributed by atoms with Crippen molar-refractivity contribution >= 4 is 48.2 Å². The summed E-state index contributed by atoms with van der Waals surface area (Å²) in [6.45, 7) is 0. The lowest BCUT2D eigenvalue weighted by molar-refractivity contribution is 1.62. The fourth-order valence-electron chi connectivity index (χ4n) is 4.65. The summed E-state index contributed by atoms with van der Waals surface area (Å²) >= 11 is 3.69. The van der Waals surface area contributed by atoms with Gasteiger partial charge in [-0.3, -0.25) is 0 Å². The van der Waals surface area contributed by atoms with Crippen LogP contribution in [-0.4, -0.2) is 0 Å². The summed E-state index contributed by atoms with van der Waals surface area (Å²) in [7, 11) is 0. The zero-order valence-electron chi connectivity index (χ0n) is 16.8. The molecular weight excluding hydrogens is 440 g/mol. The summed E-state index contributed by atoms with van der Waals surface area (Å²) in [5.74, 6) is 0. The van der Waals surface area contributed by atoms with Crippen molar-refractivity contribution in [3.63, 3.8) is 0 Å². The maximum Gasteiger partial charge on any atom is 0.0187 e. The molecule has 0 fully saturated rings. The zero-order chi connectivity index (χ0) is 20.8. The van der Waals surface area contributed by atoms with Crippen molar-refractivity contribution in [2.24, 2.45) is 0 Å². The van der Waals surface area contributed by atoms with Gasteiger partial charge in [0.05, 0.1) is 0 Å². The Balaban J connectivity index is 1.57. The van der Waals surface area contributed by atoms with Gasteiger partial charge in [-0.1, -0.05) is 113 Å². The largest absolute Gasteiger partial charge is 0.0616 e. The summed E-state index contributed by atoms with van der Waals surface area (Å²) in [6.07, 6.45) is 0. The molecule has 0 unspecified atom stereocenters. The molecule has 146 valence electrons. The van der Waals surface area contributed by atoms with Gasteiger partial charge in [-0.25, -0.2) is 0 Å². The molecule has 0 atom stereocenters. The van der Waals surface area contributed by atoms with E-state index in [1.54, 1.807) is 0 Å². The van der Waals surface area contributed by atoms with Gasteiger partial charge < -0.3 is 0 Å². The molecule has 6 aromatic rings. The van der Waals surface area contributed by atoms with Crippen molar-refractivity contribution in [1.82, 2.24) is 0 Å². The molecule has 0 aliphatic rings. The Hall–Kier alpha value is -3.42. The first-order valence-electron chi connectivity index (χ1n) is 10.5. The van der Waals surface area contributed by atoms with Crippen LogP contribution in [0.5, 0.6) is 0 Å². The van der Waals surface area contributed by atoms with Gasteiger partial charge >= 0.3 is 0 Å². The van der Waals surface area contributed by atoms with E-state index in [9.17, 15) is 0 Å². The lowest BCUT2D eigenvalue weighted by Crippen LogP contribution is -1.87. The Kier molecular flexibility index (Phi) is 4.36. The summed E-state index contributed by atoms with van der Waals surface area (Å²) in [4.78, 5) is 0. The summed E-state index contributed by atoms with van der Waals surface area (Å²) in [5.41, 5.74) is 5.03. The van der Waals surface area contributed by atoms with Crippen LogP contribution in [-0.2, 0) is 0 Å². The first kappa shape index (κ1) is 18.4. The van der Waals surface area contributed by atoms with Crippen LogP contribution < -0.4 is 0 Å².